The zero-order chi connectivity index (χ0) is 11.4. The second kappa shape index (κ2) is 4.85. The first-order valence-electron chi connectivity index (χ1n) is 4.51. The van der Waals surface area contributed by atoms with Crippen LogP contribution in [-0.2, 0) is 4.74 Å². The van der Waals surface area contributed by atoms with Crippen molar-refractivity contribution in [3.8, 4) is 6.07 Å². The number of nitriles is 1. The fourth-order valence-electron chi connectivity index (χ4n) is 1.24. The van der Waals surface area contributed by atoms with Crippen molar-refractivity contribution in [2.24, 2.45) is 0 Å². The summed E-state index contributed by atoms with van der Waals surface area (Å²) in [6.45, 7) is 3.83. The first-order chi connectivity index (χ1) is 7.11. The number of esters is 1. The zero-order valence-corrected chi connectivity index (χ0v) is 9.47. The number of rotatable bonds is 2. The van der Waals surface area contributed by atoms with Crippen molar-refractivity contribution in [3.05, 3.63) is 28.8 Å². The molecule has 0 heterocycles. The van der Waals surface area contributed by atoms with Gasteiger partial charge in [0.15, 0.2) is 0 Å². The molecule has 1 aromatic rings. The van der Waals surface area contributed by atoms with Gasteiger partial charge in [-0.1, -0.05) is 6.07 Å². The molecule has 0 aromatic heterocycles. The molecule has 0 aliphatic rings. The number of carbonyl (C=O) groups is 1. The summed E-state index contributed by atoms with van der Waals surface area (Å²) in [5.41, 5.74) is 1.52. The predicted octanol–water partition coefficient (Wildman–Crippen LogP) is 2.33. The lowest BCUT2D eigenvalue weighted by Gasteiger charge is -2.08. The number of ether oxygens (including phenoxy) is 1. The van der Waals surface area contributed by atoms with Gasteiger partial charge in [-0.2, -0.15) is 5.26 Å². The fraction of sp³-hybridized carbons (Fsp3) is 0.273. The monoisotopic (exact) mass is 221 g/mol. The van der Waals surface area contributed by atoms with Gasteiger partial charge in [0, 0.05) is 4.90 Å². The van der Waals surface area contributed by atoms with Gasteiger partial charge in [-0.25, -0.2) is 4.79 Å². The Morgan fingerprint density at radius 2 is 2.27 bits per heavy atom. The molecule has 0 radical (unpaired) electrons. The molecule has 78 valence electrons. The molecule has 0 unspecified atom stereocenters. The second-order valence-corrected chi connectivity index (χ2v) is 3.43. The molecule has 0 saturated carbocycles. The Kier molecular flexibility index (Phi) is 3.75. The van der Waals surface area contributed by atoms with Gasteiger partial charge in [0.1, 0.15) is 6.07 Å². The van der Waals surface area contributed by atoms with Crippen LogP contribution in [0.3, 0.4) is 0 Å². The van der Waals surface area contributed by atoms with E-state index in [9.17, 15) is 4.79 Å². The maximum Gasteiger partial charge on any atom is 0.339 e. The highest BCUT2D eigenvalue weighted by atomic mass is 32.1. The summed E-state index contributed by atoms with van der Waals surface area (Å²) in [7, 11) is 0. The molecular weight excluding hydrogens is 210 g/mol. The fourth-order valence-corrected chi connectivity index (χ4v) is 1.64. The van der Waals surface area contributed by atoms with E-state index in [1.54, 1.807) is 26.0 Å². The molecule has 1 aromatic carbocycles. The summed E-state index contributed by atoms with van der Waals surface area (Å²) in [6.07, 6.45) is 0. The summed E-state index contributed by atoms with van der Waals surface area (Å²) >= 11 is 4.17. The first kappa shape index (κ1) is 11.6. The molecule has 4 heteroatoms. The minimum Gasteiger partial charge on any atom is -0.462 e. The number of hydrogen-bond acceptors (Lipinski definition) is 4. The molecule has 0 saturated heterocycles. The molecular formula is C11H11NO2S. The summed E-state index contributed by atoms with van der Waals surface area (Å²) in [5.74, 6) is -0.433. The Bertz CT molecular complexity index is 435. The molecule has 15 heavy (non-hydrogen) atoms. The summed E-state index contributed by atoms with van der Waals surface area (Å²) in [5, 5.41) is 8.79. The van der Waals surface area contributed by atoms with Gasteiger partial charge in [0.25, 0.3) is 0 Å². The SMILES string of the molecule is CCOC(=O)c1c(C)ccc(C#N)c1S. The normalized spacial score (nSPS) is 9.47. The van der Waals surface area contributed by atoms with Crippen molar-refractivity contribution in [1.82, 2.24) is 0 Å². The van der Waals surface area contributed by atoms with Crippen molar-refractivity contribution in [3.63, 3.8) is 0 Å². The smallest absolute Gasteiger partial charge is 0.339 e. The van der Waals surface area contributed by atoms with Gasteiger partial charge in [-0.15, -0.1) is 12.6 Å². The third-order valence-corrected chi connectivity index (χ3v) is 2.45. The Labute approximate surface area is 94.1 Å². The Morgan fingerprint density at radius 1 is 1.60 bits per heavy atom. The standard InChI is InChI=1S/C11H11NO2S/c1-3-14-11(13)9-7(2)4-5-8(6-12)10(9)15/h4-5,15H,3H2,1-2H3. The number of aryl methyl sites for hydroxylation is 1. The van der Waals surface area contributed by atoms with Gasteiger partial charge < -0.3 is 4.74 Å². The molecule has 0 aliphatic carbocycles. The largest absolute Gasteiger partial charge is 0.462 e. The van der Waals surface area contributed by atoms with Gasteiger partial charge in [-0.3, -0.25) is 0 Å². The maximum absolute atomic E-state index is 11.6. The molecule has 0 atom stereocenters. The number of benzene rings is 1. The lowest BCUT2D eigenvalue weighted by Crippen LogP contribution is -2.08. The topological polar surface area (TPSA) is 50.1 Å². The van der Waals surface area contributed by atoms with E-state index in [0.717, 1.165) is 5.56 Å². The van der Waals surface area contributed by atoms with Gasteiger partial charge in [-0.05, 0) is 25.5 Å². The first-order valence-corrected chi connectivity index (χ1v) is 4.96. The van der Waals surface area contributed by atoms with E-state index < -0.39 is 5.97 Å². The Morgan fingerprint density at radius 3 is 2.80 bits per heavy atom. The van der Waals surface area contributed by atoms with Crippen LogP contribution in [-0.4, -0.2) is 12.6 Å². The number of carbonyl (C=O) groups excluding carboxylic acids is 1. The van der Waals surface area contributed by atoms with Gasteiger partial charge in [0.05, 0.1) is 17.7 Å². The van der Waals surface area contributed by atoms with E-state index in [2.05, 4.69) is 12.6 Å². The summed E-state index contributed by atoms with van der Waals surface area (Å²) < 4.78 is 4.89. The molecule has 0 fully saturated rings. The van der Waals surface area contributed by atoms with Crippen molar-refractivity contribution in [2.75, 3.05) is 6.61 Å². The third kappa shape index (κ3) is 2.31. The number of hydrogen-bond donors (Lipinski definition) is 1. The van der Waals surface area contributed by atoms with E-state index >= 15 is 0 Å². The Balaban J connectivity index is 3.28. The maximum atomic E-state index is 11.6. The highest BCUT2D eigenvalue weighted by Crippen LogP contribution is 2.23. The van der Waals surface area contributed by atoms with E-state index in [1.165, 1.54) is 0 Å². The molecule has 0 spiro atoms. The lowest BCUT2D eigenvalue weighted by molar-refractivity contribution is 0.0521. The Hall–Kier alpha value is -1.47. The van der Waals surface area contributed by atoms with Crippen molar-refractivity contribution < 1.29 is 9.53 Å². The summed E-state index contributed by atoms with van der Waals surface area (Å²) in [6, 6.07) is 5.33. The average Bonchev–Trinajstić information content (AvgIpc) is 2.18. The predicted molar refractivity (Wildman–Crippen MR) is 59.1 cm³/mol. The minimum absolute atomic E-state index is 0.308. The van der Waals surface area contributed by atoms with Gasteiger partial charge in [0.2, 0.25) is 0 Å². The minimum atomic E-state index is -0.433. The van der Waals surface area contributed by atoms with Crippen molar-refractivity contribution in [1.29, 1.82) is 5.26 Å². The molecule has 0 bridgehead atoms. The van der Waals surface area contributed by atoms with E-state index in [4.69, 9.17) is 10.00 Å². The molecule has 0 amide bonds. The quantitative estimate of drug-likeness (QED) is 0.616. The molecule has 3 nitrogen and oxygen atoms in total. The van der Waals surface area contributed by atoms with Crippen LogP contribution >= 0.6 is 12.6 Å². The van der Waals surface area contributed by atoms with Crippen LogP contribution in [0.4, 0.5) is 0 Å². The second-order valence-electron chi connectivity index (χ2n) is 2.99. The van der Waals surface area contributed by atoms with Crippen LogP contribution in [0.25, 0.3) is 0 Å². The van der Waals surface area contributed by atoms with Crippen LogP contribution < -0.4 is 0 Å². The molecule has 1 rings (SSSR count). The van der Waals surface area contributed by atoms with Crippen LogP contribution in [0.5, 0.6) is 0 Å². The number of thiol groups is 1. The highest BCUT2D eigenvalue weighted by molar-refractivity contribution is 7.80. The van der Waals surface area contributed by atoms with Crippen LogP contribution in [0.2, 0.25) is 0 Å². The van der Waals surface area contributed by atoms with Crippen molar-refractivity contribution in [2.45, 2.75) is 18.7 Å². The van der Waals surface area contributed by atoms with Crippen LogP contribution in [0, 0.1) is 18.3 Å². The number of nitrogens with zero attached hydrogens (tertiary/aromatic N) is 1. The van der Waals surface area contributed by atoms with E-state index in [1.807, 2.05) is 6.07 Å². The van der Waals surface area contributed by atoms with Gasteiger partial charge >= 0.3 is 5.97 Å². The average molecular weight is 221 g/mol. The van der Waals surface area contributed by atoms with Crippen molar-refractivity contribution >= 4 is 18.6 Å². The zero-order valence-electron chi connectivity index (χ0n) is 8.57. The van der Waals surface area contributed by atoms with Crippen LogP contribution in [0.15, 0.2) is 17.0 Å². The lowest BCUT2D eigenvalue weighted by atomic mass is 10.1. The third-order valence-electron chi connectivity index (χ3n) is 1.99. The molecule has 0 N–H and O–H groups in total. The van der Waals surface area contributed by atoms with E-state index in [-0.39, 0.29) is 0 Å². The molecule has 0 aliphatic heterocycles. The summed E-state index contributed by atoms with van der Waals surface area (Å²) in [4.78, 5) is 12.0. The highest BCUT2D eigenvalue weighted by Gasteiger charge is 2.16. The van der Waals surface area contributed by atoms with E-state index in [0.29, 0.717) is 22.6 Å². The van der Waals surface area contributed by atoms with Crippen LogP contribution in [0.1, 0.15) is 28.4 Å².